The number of halogens is 1. The Morgan fingerprint density at radius 2 is 1.82 bits per heavy atom. The van der Waals surface area contributed by atoms with Crippen LogP contribution in [0.3, 0.4) is 0 Å². The molecule has 2 saturated heterocycles. The number of amides is 3. The minimum Gasteiger partial charge on any atom is -0.359 e. The highest BCUT2D eigenvalue weighted by atomic mass is 127. The summed E-state index contributed by atoms with van der Waals surface area (Å²) in [6.07, 6.45) is 2.54. The minimum absolute atomic E-state index is 0. The summed E-state index contributed by atoms with van der Waals surface area (Å²) in [7, 11) is 1.68. The van der Waals surface area contributed by atoms with Crippen LogP contribution in [-0.4, -0.2) is 79.8 Å². The number of piperidine rings is 1. The number of benzene rings is 1. The molecule has 3 rings (SSSR count). The lowest BCUT2D eigenvalue weighted by molar-refractivity contribution is -0.123. The summed E-state index contributed by atoms with van der Waals surface area (Å²) in [5.74, 6) is 1.16. The van der Waals surface area contributed by atoms with Crippen molar-refractivity contribution in [2.75, 3.05) is 46.3 Å². The van der Waals surface area contributed by atoms with Crippen LogP contribution in [0.4, 0.5) is 0 Å². The van der Waals surface area contributed by atoms with Crippen LogP contribution >= 0.6 is 24.0 Å². The highest BCUT2D eigenvalue weighted by Crippen LogP contribution is 2.20. The maximum atomic E-state index is 12.6. The first-order chi connectivity index (χ1) is 15.5. The molecule has 9 nitrogen and oxygen atoms in total. The number of nitrogens with one attached hydrogen (secondary N) is 3. The molecule has 2 fully saturated rings. The van der Waals surface area contributed by atoms with Crippen LogP contribution in [0.1, 0.15) is 42.1 Å². The molecule has 0 bridgehead atoms. The zero-order valence-electron chi connectivity index (χ0n) is 19.4. The second kappa shape index (κ2) is 13.4. The van der Waals surface area contributed by atoms with E-state index in [1.807, 2.05) is 12.1 Å². The molecule has 10 heteroatoms. The second-order valence-corrected chi connectivity index (χ2v) is 8.25. The maximum Gasteiger partial charge on any atom is 0.254 e. The van der Waals surface area contributed by atoms with E-state index in [0.29, 0.717) is 37.5 Å². The lowest BCUT2D eigenvalue weighted by Crippen LogP contribution is -2.49. The van der Waals surface area contributed by atoms with Crippen LogP contribution < -0.4 is 16.0 Å². The van der Waals surface area contributed by atoms with Crippen molar-refractivity contribution in [2.45, 2.75) is 32.7 Å². The van der Waals surface area contributed by atoms with E-state index in [1.54, 1.807) is 24.1 Å². The standard InChI is InChI=1S/C23H34N6O3.HI/c1-3-25-23(28-11-8-17(9-12-28)14-20(30)24-2)27-15-18-4-6-19(7-5-18)22(32)29-13-10-26-21(31)16-29;/h4-7,17H,3,8-16H2,1-2H3,(H,24,30)(H,25,27)(H,26,31);1H. The van der Waals surface area contributed by atoms with E-state index in [0.717, 1.165) is 44.0 Å². The molecule has 2 aliphatic rings. The van der Waals surface area contributed by atoms with Gasteiger partial charge in [0.1, 0.15) is 0 Å². The minimum atomic E-state index is -0.122. The highest BCUT2D eigenvalue weighted by Gasteiger charge is 2.24. The monoisotopic (exact) mass is 570 g/mol. The zero-order chi connectivity index (χ0) is 22.9. The van der Waals surface area contributed by atoms with Gasteiger partial charge >= 0.3 is 0 Å². The number of hydrogen-bond acceptors (Lipinski definition) is 4. The van der Waals surface area contributed by atoms with Gasteiger partial charge in [0.05, 0.1) is 13.1 Å². The van der Waals surface area contributed by atoms with Crippen molar-refractivity contribution < 1.29 is 14.4 Å². The maximum absolute atomic E-state index is 12.6. The first-order valence-electron chi connectivity index (χ1n) is 11.4. The predicted molar refractivity (Wildman–Crippen MR) is 139 cm³/mol. The predicted octanol–water partition coefficient (Wildman–Crippen LogP) is 1.19. The Kier molecular flexibility index (Phi) is 10.9. The van der Waals surface area contributed by atoms with Crippen molar-refractivity contribution in [3.63, 3.8) is 0 Å². The van der Waals surface area contributed by atoms with Crippen LogP contribution in [0.2, 0.25) is 0 Å². The number of likely N-dealkylation sites (tertiary alicyclic amines) is 1. The average Bonchev–Trinajstić information content (AvgIpc) is 2.82. The van der Waals surface area contributed by atoms with Gasteiger partial charge in [-0.05, 0) is 43.4 Å². The van der Waals surface area contributed by atoms with Crippen LogP contribution in [0.15, 0.2) is 29.3 Å². The normalized spacial score (nSPS) is 17.2. The van der Waals surface area contributed by atoms with Gasteiger partial charge in [0.25, 0.3) is 5.91 Å². The smallest absolute Gasteiger partial charge is 0.254 e. The summed E-state index contributed by atoms with van der Waals surface area (Å²) in [4.78, 5) is 44.4. The van der Waals surface area contributed by atoms with Gasteiger partial charge in [-0.2, -0.15) is 0 Å². The van der Waals surface area contributed by atoms with Crippen molar-refractivity contribution >= 4 is 47.7 Å². The molecule has 0 saturated carbocycles. The molecule has 33 heavy (non-hydrogen) atoms. The molecule has 1 aromatic carbocycles. The summed E-state index contributed by atoms with van der Waals surface area (Å²) < 4.78 is 0. The number of hydrogen-bond donors (Lipinski definition) is 3. The third-order valence-electron chi connectivity index (χ3n) is 5.94. The number of nitrogens with zero attached hydrogens (tertiary/aromatic N) is 3. The zero-order valence-corrected chi connectivity index (χ0v) is 21.8. The highest BCUT2D eigenvalue weighted by molar-refractivity contribution is 14.0. The van der Waals surface area contributed by atoms with E-state index < -0.39 is 0 Å². The van der Waals surface area contributed by atoms with Gasteiger partial charge in [-0.15, -0.1) is 24.0 Å². The van der Waals surface area contributed by atoms with Gasteiger partial charge in [-0.3, -0.25) is 14.4 Å². The van der Waals surface area contributed by atoms with Crippen molar-refractivity contribution in [1.29, 1.82) is 0 Å². The topological polar surface area (TPSA) is 106 Å². The van der Waals surface area contributed by atoms with Crippen LogP contribution in [0, 0.1) is 5.92 Å². The second-order valence-electron chi connectivity index (χ2n) is 8.25. The Hall–Kier alpha value is -2.37. The molecular formula is C23H35IN6O3. The molecule has 0 radical (unpaired) electrons. The molecular weight excluding hydrogens is 535 g/mol. The van der Waals surface area contributed by atoms with Gasteiger partial charge in [0.2, 0.25) is 11.8 Å². The van der Waals surface area contributed by atoms with Crippen molar-refractivity contribution in [3.8, 4) is 0 Å². The van der Waals surface area contributed by atoms with Crippen molar-refractivity contribution in [3.05, 3.63) is 35.4 Å². The average molecular weight is 570 g/mol. The molecule has 182 valence electrons. The fourth-order valence-corrected chi connectivity index (χ4v) is 4.05. The summed E-state index contributed by atoms with van der Waals surface area (Å²) >= 11 is 0. The molecule has 3 amide bonds. The number of piperazine rings is 1. The summed E-state index contributed by atoms with van der Waals surface area (Å²) in [5.41, 5.74) is 1.60. The molecule has 3 N–H and O–H groups in total. The largest absolute Gasteiger partial charge is 0.359 e. The Bertz CT molecular complexity index is 837. The Labute approximate surface area is 212 Å². The summed E-state index contributed by atoms with van der Waals surface area (Å²) in [6.45, 7) is 6.24. The first kappa shape index (κ1) is 26.9. The molecule has 0 aliphatic carbocycles. The molecule has 2 heterocycles. The lowest BCUT2D eigenvalue weighted by Gasteiger charge is -2.34. The van der Waals surface area contributed by atoms with Crippen LogP contribution in [0.25, 0.3) is 0 Å². The number of guanidine groups is 1. The van der Waals surface area contributed by atoms with Crippen LogP contribution in [0.5, 0.6) is 0 Å². The van der Waals surface area contributed by atoms with Gasteiger partial charge in [-0.1, -0.05) is 12.1 Å². The first-order valence-corrected chi connectivity index (χ1v) is 11.4. The molecule has 0 aromatic heterocycles. The fraction of sp³-hybridized carbons (Fsp3) is 0.565. The number of carbonyl (C=O) groups excluding carboxylic acids is 3. The quantitative estimate of drug-likeness (QED) is 0.271. The van der Waals surface area contributed by atoms with Gasteiger partial charge < -0.3 is 25.8 Å². The van der Waals surface area contributed by atoms with Gasteiger partial charge in [-0.25, -0.2) is 4.99 Å². The number of rotatable bonds is 6. The Morgan fingerprint density at radius 1 is 1.12 bits per heavy atom. The van der Waals surface area contributed by atoms with E-state index in [-0.39, 0.29) is 48.2 Å². The molecule has 2 aliphatic heterocycles. The van der Waals surface area contributed by atoms with E-state index >= 15 is 0 Å². The number of carbonyl (C=O) groups is 3. The summed E-state index contributed by atoms with van der Waals surface area (Å²) in [6, 6.07) is 7.44. The van der Waals surface area contributed by atoms with Gasteiger partial charge in [0.15, 0.2) is 5.96 Å². The Morgan fingerprint density at radius 3 is 2.42 bits per heavy atom. The van der Waals surface area contributed by atoms with E-state index in [1.165, 1.54) is 0 Å². The van der Waals surface area contributed by atoms with E-state index in [9.17, 15) is 14.4 Å². The lowest BCUT2D eigenvalue weighted by atomic mass is 9.93. The molecule has 1 aromatic rings. The van der Waals surface area contributed by atoms with Crippen LogP contribution in [-0.2, 0) is 16.1 Å². The third-order valence-corrected chi connectivity index (χ3v) is 5.94. The Balaban J connectivity index is 0.00000385. The van der Waals surface area contributed by atoms with E-state index in [2.05, 4.69) is 27.8 Å². The fourth-order valence-electron chi connectivity index (χ4n) is 4.05. The van der Waals surface area contributed by atoms with Crippen molar-refractivity contribution in [2.24, 2.45) is 10.9 Å². The van der Waals surface area contributed by atoms with Gasteiger partial charge in [0, 0.05) is 51.8 Å². The third kappa shape index (κ3) is 7.86. The number of aliphatic imine (C=N–C) groups is 1. The van der Waals surface area contributed by atoms with Crippen molar-refractivity contribution in [1.82, 2.24) is 25.8 Å². The molecule has 0 unspecified atom stereocenters. The summed E-state index contributed by atoms with van der Waals surface area (Å²) in [5, 5.41) is 8.80. The van der Waals surface area contributed by atoms with E-state index in [4.69, 9.17) is 4.99 Å². The molecule has 0 spiro atoms. The molecule has 0 atom stereocenters. The SMILES string of the molecule is CCNC(=NCc1ccc(C(=O)N2CCNC(=O)C2)cc1)N1CCC(CC(=O)NC)CC1.I.